The Kier molecular flexibility index (Phi) is 4.46. The van der Waals surface area contributed by atoms with Crippen molar-refractivity contribution in [1.29, 1.82) is 0 Å². The van der Waals surface area contributed by atoms with Crippen molar-refractivity contribution >= 4 is 39.9 Å². The van der Waals surface area contributed by atoms with Gasteiger partial charge in [-0.25, -0.2) is 13.6 Å². The Morgan fingerprint density at radius 3 is 2.38 bits per heavy atom. The second kappa shape index (κ2) is 5.97. The number of carboxylic acid groups (broad SMARTS) is 1. The Morgan fingerprint density at radius 2 is 1.81 bits per heavy atom. The van der Waals surface area contributed by atoms with Crippen LogP contribution >= 0.6 is 22.6 Å². The van der Waals surface area contributed by atoms with Gasteiger partial charge in [0.1, 0.15) is 0 Å². The van der Waals surface area contributed by atoms with Crippen molar-refractivity contribution in [3.63, 3.8) is 0 Å². The standard InChI is InChI=1S/C15H12F2INO2/c1-7-5-9(18)3-4-11(7)19-14-10(15(20)21)6-8(2)12(16)13(14)17/h3-6,19H,1-2H3,(H,20,21). The third kappa shape index (κ3) is 3.15. The number of hydrogen-bond acceptors (Lipinski definition) is 2. The van der Waals surface area contributed by atoms with E-state index in [-0.39, 0.29) is 16.8 Å². The first-order chi connectivity index (χ1) is 9.81. The molecule has 0 aliphatic rings. The summed E-state index contributed by atoms with van der Waals surface area (Å²) in [6.45, 7) is 3.12. The number of aromatic carboxylic acids is 1. The van der Waals surface area contributed by atoms with E-state index in [2.05, 4.69) is 27.9 Å². The van der Waals surface area contributed by atoms with Crippen molar-refractivity contribution in [2.45, 2.75) is 13.8 Å². The summed E-state index contributed by atoms with van der Waals surface area (Å²) < 4.78 is 28.8. The van der Waals surface area contributed by atoms with Gasteiger partial charge in [0.05, 0.1) is 11.3 Å². The molecule has 2 rings (SSSR count). The molecule has 0 spiro atoms. The first-order valence-corrected chi connectivity index (χ1v) is 7.14. The molecule has 0 heterocycles. The van der Waals surface area contributed by atoms with E-state index in [1.54, 1.807) is 19.1 Å². The van der Waals surface area contributed by atoms with E-state index in [1.807, 2.05) is 6.07 Å². The van der Waals surface area contributed by atoms with Crippen molar-refractivity contribution in [1.82, 2.24) is 0 Å². The van der Waals surface area contributed by atoms with Crippen LogP contribution in [-0.4, -0.2) is 11.1 Å². The molecule has 0 amide bonds. The van der Waals surface area contributed by atoms with Gasteiger partial charge in [-0.3, -0.25) is 0 Å². The van der Waals surface area contributed by atoms with E-state index < -0.39 is 17.6 Å². The summed E-state index contributed by atoms with van der Waals surface area (Å²) in [6, 6.07) is 6.45. The minimum absolute atomic E-state index is 0.0465. The molecule has 0 saturated heterocycles. The molecule has 2 N–H and O–H groups in total. The maximum Gasteiger partial charge on any atom is 0.337 e. The van der Waals surface area contributed by atoms with Crippen LogP contribution in [0.5, 0.6) is 0 Å². The average Bonchev–Trinajstić information content (AvgIpc) is 2.41. The molecule has 3 nitrogen and oxygen atoms in total. The summed E-state index contributed by atoms with van der Waals surface area (Å²) >= 11 is 2.13. The molecule has 0 unspecified atom stereocenters. The van der Waals surface area contributed by atoms with E-state index in [1.165, 1.54) is 6.92 Å². The normalized spacial score (nSPS) is 10.5. The van der Waals surface area contributed by atoms with E-state index >= 15 is 0 Å². The number of aryl methyl sites for hydroxylation is 2. The zero-order valence-electron chi connectivity index (χ0n) is 11.3. The third-order valence-electron chi connectivity index (χ3n) is 3.07. The Bertz CT molecular complexity index is 732. The Morgan fingerprint density at radius 1 is 1.14 bits per heavy atom. The minimum Gasteiger partial charge on any atom is -0.478 e. The van der Waals surface area contributed by atoms with Gasteiger partial charge >= 0.3 is 5.97 Å². The van der Waals surface area contributed by atoms with Gasteiger partial charge in [-0.05, 0) is 71.8 Å². The van der Waals surface area contributed by atoms with Crippen molar-refractivity contribution in [3.05, 3.63) is 56.2 Å². The minimum atomic E-state index is -1.32. The number of carbonyl (C=O) groups is 1. The second-order valence-electron chi connectivity index (χ2n) is 4.63. The van der Waals surface area contributed by atoms with Crippen LogP contribution in [0.3, 0.4) is 0 Å². The molecule has 110 valence electrons. The quantitative estimate of drug-likeness (QED) is 0.735. The highest BCUT2D eigenvalue weighted by Gasteiger charge is 2.21. The lowest BCUT2D eigenvalue weighted by Crippen LogP contribution is -2.09. The number of carboxylic acids is 1. The second-order valence-corrected chi connectivity index (χ2v) is 5.88. The number of nitrogens with one attached hydrogen (secondary N) is 1. The lowest BCUT2D eigenvalue weighted by atomic mass is 10.1. The van der Waals surface area contributed by atoms with Crippen molar-refractivity contribution in [2.24, 2.45) is 0 Å². The first kappa shape index (κ1) is 15.7. The summed E-state index contributed by atoms with van der Waals surface area (Å²) in [5, 5.41) is 11.9. The summed E-state index contributed by atoms with van der Waals surface area (Å²) in [4.78, 5) is 11.2. The number of anilines is 2. The number of benzene rings is 2. The van der Waals surface area contributed by atoms with Gasteiger partial charge in [0.2, 0.25) is 0 Å². The molecule has 0 bridgehead atoms. The molecule has 0 atom stereocenters. The molecule has 0 radical (unpaired) electrons. The zero-order chi connectivity index (χ0) is 15.7. The van der Waals surface area contributed by atoms with Crippen LogP contribution in [0.25, 0.3) is 0 Å². The van der Waals surface area contributed by atoms with E-state index in [9.17, 15) is 13.6 Å². The van der Waals surface area contributed by atoms with Gasteiger partial charge in [-0.2, -0.15) is 0 Å². The van der Waals surface area contributed by atoms with Crippen LogP contribution < -0.4 is 5.32 Å². The molecule has 0 aliphatic heterocycles. The predicted molar refractivity (Wildman–Crippen MR) is 85.2 cm³/mol. The fourth-order valence-electron chi connectivity index (χ4n) is 1.95. The van der Waals surface area contributed by atoms with Crippen LogP contribution in [0.15, 0.2) is 24.3 Å². The first-order valence-electron chi connectivity index (χ1n) is 6.06. The molecule has 2 aromatic rings. The van der Waals surface area contributed by atoms with Crippen LogP contribution in [0.2, 0.25) is 0 Å². The smallest absolute Gasteiger partial charge is 0.337 e. The Balaban J connectivity index is 2.57. The van der Waals surface area contributed by atoms with Crippen LogP contribution in [0.1, 0.15) is 21.5 Å². The third-order valence-corrected chi connectivity index (χ3v) is 3.74. The molecule has 0 fully saturated rings. The largest absolute Gasteiger partial charge is 0.478 e. The summed E-state index contributed by atoms with van der Waals surface area (Å²) in [5.74, 6) is -3.56. The van der Waals surface area contributed by atoms with Crippen molar-refractivity contribution in [3.8, 4) is 0 Å². The van der Waals surface area contributed by atoms with E-state index in [0.29, 0.717) is 5.69 Å². The number of hydrogen-bond donors (Lipinski definition) is 2. The lowest BCUT2D eigenvalue weighted by Gasteiger charge is -2.14. The summed E-state index contributed by atoms with van der Waals surface area (Å²) in [5.41, 5.74) is 0.618. The molecular formula is C15H12F2INO2. The zero-order valence-corrected chi connectivity index (χ0v) is 13.5. The van der Waals surface area contributed by atoms with Crippen LogP contribution in [-0.2, 0) is 0 Å². The maximum absolute atomic E-state index is 14.1. The lowest BCUT2D eigenvalue weighted by molar-refractivity contribution is 0.0697. The van der Waals surface area contributed by atoms with Crippen molar-refractivity contribution < 1.29 is 18.7 Å². The predicted octanol–water partition coefficient (Wildman–Crippen LogP) is 4.63. The van der Waals surface area contributed by atoms with Gasteiger partial charge in [-0.15, -0.1) is 0 Å². The van der Waals surface area contributed by atoms with Gasteiger partial charge in [0.25, 0.3) is 0 Å². The van der Waals surface area contributed by atoms with Gasteiger partial charge in [0, 0.05) is 9.26 Å². The highest BCUT2D eigenvalue weighted by Crippen LogP contribution is 2.30. The fourth-order valence-corrected chi connectivity index (χ4v) is 2.59. The van der Waals surface area contributed by atoms with Gasteiger partial charge < -0.3 is 10.4 Å². The molecule has 2 aromatic carbocycles. The van der Waals surface area contributed by atoms with E-state index in [4.69, 9.17) is 5.11 Å². The van der Waals surface area contributed by atoms with Crippen molar-refractivity contribution in [2.75, 3.05) is 5.32 Å². The van der Waals surface area contributed by atoms with E-state index in [0.717, 1.165) is 15.2 Å². The molecule has 0 aromatic heterocycles. The Labute approximate surface area is 134 Å². The molecule has 0 aliphatic carbocycles. The van der Waals surface area contributed by atoms with Gasteiger partial charge in [0.15, 0.2) is 11.6 Å². The number of rotatable bonds is 3. The monoisotopic (exact) mass is 403 g/mol. The Hall–Kier alpha value is -1.70. The molecule has 0 saturated carbocycles. The average molecular weight is 403 g/mol. The summed E-state index contributed by atoms with van der Waals surface area (Å²) in [7, 11) is 0. The van der Waals surface area contributed by atoms with Gasteiger partial charge in [-0.1, -0.05) is 0 Å². The fraction of sp³-hybridized carbons (Fsp3) is 0.133. The SMILES string of the molecule is Cc1cc(I)ccc1Nc1c(C(=O)O)cc(C)c(F)c1F. The molecule has 21 heavy (non-hydrogen) atoms. The molecular weight excluding hydrogens is 391 g/mol. The maximum atomic E-state index is 14.1. The molecule has 6 heteroatoms. The topological polar surface area (TPSA) is 49.3 Å². The van der Waals surface area contributed by atoms with Crippen LogP contribution in [0, 0.1) is 29.1 Å². The number of halogens is 3. The highest BCUT2D eigenvalue weighted by atomic mass is 127. The highest BCUT2D eigenvalue weighted by molar-refractivity contribution is 14.1. The van der Waals surface area contributed by atoms with Crippen LogP contribution in [0.4, 0.5) is 20.2 Å². The summed E-state index contributed by atoms with van der Waals surface area (Å²) in [6.07, 6.45) is 0.